The zero-order valence-corrected chi connectivity index (χ0v) is 13.6. The number of carbonyl (C=O) groups excluding carboxylic acids is 1. The van der Waals surface area contributed by atoms with Crippen molar-refractivity contribution in [3.8, 4) is 17.5 Å². The van der Waals surface area contributed by atoms with Crippen LogP contribution in [0.4, 0.5) is 10.1 Å². The summed E-state index contributed by atoms with van der Waals surface area (Å²) in [5, 5.41) is 9.54. The Morgan fingerprint density at radius 2 is 2.04 bits per heavy atom. The van der Waals surface area contributed by atoms with Crippen LogP contribution in [0.2, 0.25) is 0 Å². The number of likely N-dealkylation sites (N-methyl/N-ethyl adjacent to an activating group) is 1. The Balaban J connectivity index is 1.98. The number of nitrogens with zero attached hydrogens (tertiary/aromatic N) is 4. The van der Waals surface area contributed by atoms with E-state index < -0.39 is 11.5 Å². The van der Waals surface area contributed by atoms with E-state index in [1.165, 1.54) is 15.5 Å². The van der Waals surface area contributed by atoms with Gasteiger partial charge in [-0.25, -0.2) is 13.8 Å². The largest absolute Gasteiger partial charge is 0.481 e. The number of hydrogen-bond acceptors (Lipinski definition) is 4. The lowest BCUT2D eigenvalue weighted by molar-refractivity contribution is -0.120. The number of amides is 1. The molecule has 0 N–H and O–H groups in total. The van der Waals surface area contributed by atoms with Crippen molar-refractivity contribution in [2.75, 3.05) is 18.6 Å². The van der Waals surface area contributed by atoms with Gasteiger partial charge in [-0.05, 0) is 25.3 Å². The second-order valence-corrected chi connectivity index (χ2v) is 6.15. The fourth-order valence-corrected chi connectivity index (χ4v) is 3.43. The number of carbonyl (C=O) groups is 1. The third kappa shape index (κ3) is 2.16. The molecule has 7 nitrogen and oxygen atoms in total. The molecule has 0 unspecified atom stereocenters. The molecule has 25 heavy (non-hydrogen) atoms. The first-order valence-corrected chi connectivity index (χ1v) is 8.00. The van der Waals surface area contributed by atoms with Crippen LogP contribution in [-0.2, 0) is 17.8 Å². The first-order valence-electron chi connectivity index (χ1n) is 8.00. The fraction of sp³-hybridized carbons (Fsp3) is 0.353. The molecule has 128 valence electrons. The Morgan fingerprint density at radius 3 is 2.80 bits per heavy atom. The minimum absolute atomic E-state index is 0.0487. The molecule has 3 heterocycles. The van der Waals surface area contributed by atoms with Crippen molar-refractivity contribution >= 4 is 11.6 Å². The van der Waals surface area contributed by atoms with E-state index in [0.29, 0.717) is 24.3 Å². The molecule has 1 aromatic heterocycles. The van der Waals surface area contributed by atoms with Crippen LogP contribution in [-0.4, -0.2) is 28.7 Å². The summed E-state index contributed by atoms with van der Waals surface area (Å²) in [6.45, 7) is 0.357. The summed E-state index contributed by atoms with van der Waals surface area (Å²) in [6, 6.07) is 4.57. The standard InChI is InChI=1S/C17H15FN4O3/c1-20-13-7-12(10(18)6-15(13)25-9-16(20)23)22-14(8-19)11-4-2-3-5-21(11)17(22)24/h6-7H,2-5,9H2,1H3. The number of anilines is 1. The highest BCUT2D eigenvalue weighted by Crippen LogP contribution is 2.35. The topological polar surface area (TPSA) is 80.3 Å². The molecule has 2 aliphatic rings. The van der Waals surface area contributed by atoms with Gasteiger partial charge in [-0.1, -0.05) is 0 Å². The minimum Gasteiger partial charge on any atom is -0.481 e. The summed E-state index contributed by atoms with van der Waals surface area (Å²) in [6.07, 6.45) is 2.34. The van der Waals surface area contributed by atoms with Crippen molar-refractivity contribution in [3.63, 3.8) is 0 Å². The molecule has 0 spiro atoms. The number of aromatic nitrogens is 2. The molecule has 0 saturated heterocycles. The van der Waals surface area contributed by atoms with E-state index in [9.17, 15) is 19.2 Å². The van der Waals surface area contributed by atoms with Crippen molar-refractivity contribution in [1.82, 2.24) is 9.13 Å². The van der Waals surface area contributed by atoms with Gasteiger partial charge in [0.05, 0.1) is 17.1 Å². The van der Waals surface area contributed by atoms with E-state index in [0.717, 1.165) is 23.5 Å². The summed E-state index contributed by atoms with van der Waals surface area (Å²) in [4.78, 5) is 25.9. The van der Waals surface area contributed by atoms with Gasteiger partial charge in [0.2, 0.25) is 0 Å². The lowest BCUT2D eigenvalue weighted by atomic mass is 10.1. The molecule has 0 atom stereocenters. The highest BCUT2D eigenvalue weighted by atomic mass is 19.1. The van der Waals surface area contributed by atoms with Crippen molar-refractivity contribution in [2.45, 2.75) is 25.8 Å². The van der Waals surface area contributed by atoms with Gasteiger partial charge in [-0.2, -0.15) is 5.26 Å². The number of imidazole rings is 1. The van der Waals surface area contributed by atoms with E-state index in [1.807, 2.05) is 6.07 Å². The van der Waals surface area contributed by atoms with Crippen LogP contribution < -0.4 is 15.3 Å². The van der Waals surface area contributed by atoms with Crippen molar-refractivity contribution in [2.24, 2.45) is 0 Å². The first kappa shape index (κ1) is 15.4. The van der Waals surface area contributed by atoms with E-state index in [4.69, 9.17) is 4.74 Å². The average Bonchev–Trinajstić information content (AvgIpc) is 2.90. The monoisotopic (exact) mass is 342 g/mol. The van der Waals surface area contributed by atoms with E-state index in [1.54, 1.807) is 7.05 Å². The number of fused-ring (bicyclic) bond motifs is 2. The van der Waals surface area contributed by atoms with Crippen LogP contribution in [0.3, 0.4) is 0 Å². The van der Waals surface area contributed by atoms with Gasteiger partial charge in [-0.3, -0.25) is 9.36 Å². The molecule has 4 rings (SSSR count). The number of rotatable bonds is 1. The summed E-state index contributed by atoms with van der Waals surface area (Å²) in [5.41, 5.74) is 0.668. The molecule has 0 radical (unpaired) electrons. The molecule has 1 aromatic carbocycles. The van der Waals surface area contributed by atoms with Gasteiger partial charge in [0.1, 0.15) is 17.5 Å². The first-order chi connectivity index (χ1) is 12.0. The van der Waals surface area contributed by atoms with E-state index >= 15 is 0 Å². The van der Waals surface area contributed by atoms with Gasteiger partial charge >= 0.3 is 5.69 Å². The lowest BCUT2D eigenvalue weighted by Gasteiger charge is -2.26. The molecule has 2 aromatic rings. The van der Waals surface area contributed by atoms with Crippen LogP contribution in [0.25, 0.3) is 5.69 Å². The molecule has 0 fully saturated rings. The number of benzene rings is 1. The molecular weight excluding hydrogens is 327 g/mol. The Morgan fingerprint density at radius 1 is 1.24 bits per heavy atom. The lowest BCUT2D eigenvalue weighted by Crippen LogP contribution is -2.35. The molecule has 2 aliphatic heterocycles. The maximum Gasteiger partial charge on any atom is 0.334 e. The van der Waals surface area contributed by atoms with Crippen LogP contribution >= 0.6 is 0 Å². The predicted molar refractivity (Wildman–Crippen MR) is 86.5 cm³/mol. The van der Waals surface area contributed by atoms with Crippen molar-refractivity contribution in [3.05, 3.63) is 39.8 Å². The van der Waals surface area contributed by atoms with Gasteiger partial charge in [0.15, 0.2) is 12.4 Å². The Hall–Kier alpha value is -3.08. The molecule has 8 heteroatoms. The number of ether oxygens (including phenoxy) is 1. The normalized spacial score (nSPS) is 16.0. The van der Waals surface area contributed by atoms with Crippen LogP contribution in [0, 0.1) is 17.1 Å². The molecule has 0 saturated carbocycles. The summed E-state index contributed by atoms with van der Waals surface area (Å²) >= 11 is 0. The number of nitriles is 1. The molecule has 1 amide bonds. The Kier molecular flexibility index (Phi) is 3.39. The van der Waals surface area contributed by atoms with Crippen LogP contribution in [0.1, 0.15) is 24.2 Å². The predicted octanol–water partition coefficient (Wildman–Crippen LogP) is 1.34. The second-order valence-electron chi connectivity index (χ2n) is 6.15. The molecule has 0 bridgehead atoms. The van der Waals surface area contributed by atoms with Crippen LogP contribution in [0.15, 0.2) is 16.9 Å². The van der Waals surface area contributed by atoms with Gasteiger partial charge in [-0.15, -0.1) is 0 Å². The third-order valence-corrected chi connectivity index (χ3v) is 4.75. The SMILES string of the molecule is CN1C(=O)COc2cc(F)c(-n3c(C#N)c4n(c3=O)CCCC4)cc21. The highest BCUT2D eigenvalue weighted by molar-refractivity contribution is 5.97. The fourth-order valence-electron chi connectivity index (χ4n) is 3.43. The van der Waals surface area contributed by atoms with Crippen molar-refractivity contribution in [1.29, 1.82) is 5.26 Å². The summed E-state index contributed by atoms with van der Waals surface area (Å²) in [7, 11) is 1.56. The number of hydrogen-bond donors (Lipinski definition) is 0. The molecule has 0 aliphatic carbocycles. The smallest absolute Gasteiger partial charge is 0.334 e. The summed E-state index contributed by atoms with van der Waals surface area (Å²) in [5.74, 6) is -0.712. The Labute approximate surface area is 142 Å². The second kappa shape index (κ2) is 5.48. The zero-order chi connectivity index (χ0) is 17.7. The number of halogens is 1. The summed E-state index contributed by atoms with van der Waals surface area (Å²) < 4.78 is 22.6. The quantitative estimate of drug-likeness (QED) is 0.783. The Bertz CT molecular complexity index is 999. The van der Waals surface area contributed by atoms with Gasteiger partial charge < -0.3 is 9.64 Å². The van der Waals surface area contributed by atoms with Gasteiger partial charge in [0.25, 0.3) is 5.91 Å². The molecular formula is C17H15FN4O3. The van der Waals surface area contributed by atoms with E-state index in [2.05, 4.69) is 0 Å². The third-order valence-electron chi connectivity index (χ3n) is 4.75. The highest BCUT2D eigenvalue weighted by Gasteiger charge is 2.28. The van der Waals surface area contributed by atoms with Crippen molar-refractivity contribution < 1.29 is 13.9 Å². The maximum atomic E-state index is 14.7. The van der Waals surface area contributed by atoms with Crippen LogP contribution in [0.5, 0.6) is 5.75 Å². The van der Waals surface area contributed by atoms with E-state index in [-0.39, 0.29) is 29.6 Å². The minimum atomic E-state index is -0.678. The average molecular weight is 342 g/mol. The maximum absolute atomic E-state index is 14.7. The van der Waals surface area contributed by atoms with Gasteiger partial charge in [0, 0.05) is 19.7 Å². The zero-order valence-electron chi connectivity index (χ0n) is 13.6.